The molecular formula is C15H16FNO2. The number of ether oxygens (including phenoxy) is 1. The first-order chi connectivity index (χ1) is 9.13. The number of methoxy groups -OCH3 is 1. The topological polar surface area (TPSA) is 52.3 Å². The molecule has 2 aromatic rings. The smallest absolute Gasteiger partial charge is 0.305 e. The van der Waals surface area contributed by atoms with Crippen LogP contribution >= 0.6 is 0 Å². The van der Waals surface area contributed by atoms with Crippen LogP contribution < -0.4 is 5.73 Å². The van der Waals surface area contributed by atoms with Gasteiger partial charge in [-0.1, -0.05) is 30.3 Å². The van der Waals surface area contributed by atoms with Crippen molar-refractivity contribution in [2.24, 2.45) is 5.73 Å². The third kappa shape index (κ3) is 2.90. The summed E-state index contributed by atoms with van der Waals surface area (Å²) in [6, 6.07) is 9.97. The molecule has 0 bridgehead atoms. The molecule has 0 spiro atoms. The summed E-state index contributed by atoms with van der Waals surface area (Å²) in [5.41, 5.74) is 6.93. The van der Waals surface area contributed by atoms with Crippen LogP contribution in [0, 0.1) is 5.82 Å². The Bertz CT molecular complexity index is 598. The normalized spacial score (nSPS) is 12.4. The summed E-state index contributed by atoms with van der Waals surface area (Å²) in [6.45, 7) is 0. The lowest BCUT2D eigenvalue weighted by molar-refractivity contribution is -0.140. The van der Waals surface area contributed by atoms with Crippen molar-refractivity contribution >= 4 is 16.7 Å². The lowest BCUT2D eigenvalue weighted by Gasteiger charge is -2.14. The fourth-order valence-electron chi connectivity index (χ4n) is 2.14. The van der Waals surface area contributed by atoms with E-state index in [1.54, 1.807) is 18.2 Å². The number of halogens is 1. The Labute approximate surface area is 111 Å². The summed E-state index contributed by atoms with van der Waals surface area (Å²) < 4.78 is 18.3. The summed E-state index contributed by atoms with van der Waals surface area (Å²) in [4.78, 5) is 11.1. The molecule has 0 aliphatic rings. The van der Waals surface area contributed by atoms with Gasteiger partial charge < -0.3 is 10.5 Å². The van der Waals surface area contributed by atoms with E-state index in [2.05, 4.69) is 4.74 Å². The molecule has 3 nitrogen and oxygen atoms in total. The number of hydrogen-bond donors (Lipinski definition) is 1. The van der Waals surface area contributed by atoms with E-state index >= 15 is 0 Å². The third-order valence-electron chi connectivity index (χ3n) is 3.19. The highest BCUT2D eigenvalue weighted by Crippen LogP contribution is 2.27. The average Bonchev–Trinajstić information content (AvgIpc) is 2.45. The Morgan fingerprint density at radius 2 is 1.95 bits per heavy atom. The summed E-state index contributed by atoms with van der Waals surface area (Å²) in [5, 5.41) is 1.34. The predicted octanol–water partition coefficient (Wildman–Crippen LogP) is 2.93. The SMILES string of the molecule is COC(=O)CCC(N)c1ccc(F)c2ccccc12. The Morgan fingerprint density at radius 1 is 1.26 bits per heavy atom. The number of carbonyl (C=O) groups is 1. The first-order valence-corrected chi connectivity index (χ1v) is 6.13. The molecule has 19 heavy (non-hydrogen) atoms. The zero-order valence-electron chi connectivity index (χ0n) is 10.7. The van der Waals surface area contributed by atoms with E-state index in [1.807, 2.05) is 12.1 Å². The van der Waals surface area contributed by atoms with Crippen LogP contribution in [-0.2, 0) is 9.53 Å². The number of benzene rings is 2. The van der Waals surface area contributed by atoms with Gasteiger partial charge in [-0.2, -0.15) is 0 Å². The molecular weight excluding hydrogens is 245 g/mol. The molecule has 100 valence electrons. The van der Waals surface area contributed by atoms with Crippen LogP contribution in [-0.4, -0.2) is 13.1 Å². The van der Waals surface area contributed by atoms with Crippen molar-refractivity contribution in [1.82, 2.24) is 0 Å². The molecule has 1 atom stereocenters. The van der Waals surface area contributed by atoms with Crippen molar-refractivity contribution in [2.75, 3.05) is 7.11 Å². The number of carbonyl (C=O) groups excluding carboxylic acids is 1. The number of esters is 1. The molecule has 0 aromatic heterocycles. The lowest BCUT2D eigenvalue weighted by atomic mass is 9.96. The maximum absolute atomic E-state index is 13.7. The van der Waals surface area contributed by atoms with Crippen LogP contribution in [0.1, 0.15) is 24.4 Å². The molecule has 4 heteroatoms. The summed E-state index contributed by atoms with van der Waals surface area (Å²) in [7, 11) is 1.35. The van der Waals surface area contributed by atoms with Crippen molar-refractivity contribution in [1.29, 1.82) is 0 Å². The molecule has 0 saturated heterocycles. The van der Waals surface area contributed by atoms with Crippen molar-refractivity contribution < 1.29 is 13.9 Å². The van der Waals surface area contributed by atoms with Crippen LogP contribution in [0.25, 0.3) is 10.8 Å². The molecule has 2 rings (SSSR count). The molecule has 0 amide bonds. The van der Waals surface area contributed by atoms with Crippen LogP contribution in [0.15, 0.2) is 36.4 Å². The molecule has 0 aliphatic heterocycles. The van der Waals surface area contributed by atoms with E-state index in [0.29, 0.717) is 11.8 Å². The summed E-state index contributed by atoms with van der Waals surface area (Å²) in [6.07, 6.45) is 0.728. The van der Waals surface area contributed by atoms with Gasteiger partial charge >= 0.3 is 5.97 Å². The molecule has 0 saturated carbocycles. The molecule has 0 aliphatic carbocycles. The van der Waals surface area contributed by atoms with Crippen molar-refractivity contribution in [3.05, 3.63) is 47.8 Å². The van der Waals surface area contributed by atoms with Gasteiger partial charge in [0.15, 0.2) is 0 Å². The van der Waals surface area contributed by atoms with Gasteiger partial charge in [0.05, 0.1) is 7.11 Å². The zero-order valence-corrected chi connectivity index (χ0v) is 10.7. The average molecular weight is 261 g/mol. The highest BCUT2D eigenvalue weighted by molar-refractivity contribution is 5.86. The van der Waals surface area contributed by atoms with Gasteiger partial charge in [-0.05, 0) is 23.4 Å². The van der Waals surface area contributed by atoms with E-state index in [-0.39, 0.29) is 24.2 Å². The Kier molecular flexibility index (Phi) is 4.12. The van der Waals surface area contributed by atoms with E-state index in [1.165, 1.54) is 13.2 Å². The fourth-order valence-corrected chi connectivity index (χ4v) is 2.14. The fraction of sp³-hybridized carbons (Fsp3) is 0.267. The van der Waals surface area contributed by atoms with E-state index < -0.39 is 0 Å². The number of fused-ring (bicyclic) bond motifs is 1. The molecule has 0 radical (unpaired) electrons. The zero-order chi connectivity index (χ0) is 13.8. The lowest BCUT2D eigenvalue weighted by Crippen LogP contribution is -2.13. The van der Waals surface area contributed by atoms with Crippen molar-refractivity contribution in [3.8, 4) is 0 Å². The van der Waals surface area contributed by atoms with E-state index in [9.17, 15) is 9.18 Å². The minimum absolute atomic E-state index is 0.253. The van der Waals surface area contributed by atoms with Gasteiger partial charge in [0.2, 0.25) is 0 Å². The number of nitrogens with two attached hydrogens (primary N) is 1. The molecule has 1 unspecified atom stereocenters. The second-order valence-corrected chi connectivity index (χ2v) is 4.40. The van der Waals surface area contributed by atoms with Crippen LogP contribution in [0.5, 0.6) is 0 Å². The van der Waals surface area contributed by atoms with Gasteiger partial charge in [-0.15, -0.1) is 0 Å². The van der Waals surface area contributed by atoms with Crippen LogP contribution in [0.4, 0.5) is 4.39 Å². The van der Waals surface area contributed by atoms with Gasteiger partial charge in [0.25, 0.3) is 0 Å². The second kappa shape index (κ2) is 5.80. The second-order valence-electron chi connectivity index (χ2n) is 4.40. The highest BCUT2D eigenvalue weighted by atomic mass is 19.1. The summed E-state index contributed by atoms with van der Waals surface area (Å²) >= 11 is 0. The van der Waals surface area contributed by atoms with Crippen molar-refractivity contribution in [2.45, 2.75) is 18.9 Å². The largest absolute Gasteiger partial charge is 0.469 e. The van der Waals surface area contributed by atoms with Gasteiger partial charge in [-0.3, -0.25) is 4.79 Å². The highest BCUT2D eigenvalue weighted by Gasteiger charge is 2.13. The first-order valence-electron chi connectivity index (χ1n) is 6.13. The van der Waals surface area contributed by atoms with Gasteiger partial charge in [0, 0.05) is 17.8 Å². The quantitative estimate of drug-likeness (QED) is 0.861. The Hall–Kier alpha value is -1.94. The Balaban J connectivity index is 2.29. The number of rotatable bonds is 4. The minimum Gasteiger partial charge on any atom is -0.469 e. The van der Waals surface area contributed by atoms with Gasteiger partial charge in [0.1, 0.15) is 5.82 Å². The van der Waals surface area contributed by atoms with Crippen LogP contribution in [0.3, 0.4) is 0 Å². The van der Waals surface area contributed by atoms with Crippen LogP contribution in [0.2, 0.25) is 0 Å². The molecule has 0 heterocycles. The monoisotopic (exact) mass is 261 g/mol. The predicted molar refractivity (Wildman–Crippen MR) is 72.1 cm³/mol. The van der Waals surface area contributed by atoms with Crippen molar-refractivity contribution in [3.63, 3.8) is 0 Å². The molecule has 2 N–H and O–H groups in total. The third-order valence-corrected chi connectivity index (χ3v) is 3.19. The maximum atomic E-state index is 13.7. The maximum Gasteiger partial charge on any atom is 0.305 e. The molecule has 0 fully saturated rings. The van der Waals surface area contributed by atoms with Gasteiger partial charge in [-0.25, -0.2) is 4.39 Å². The van der Waals surface area contributed by atoms with E-state index in [4.69, 9.17) is 5.73 Å². The Morgan fingerprint density at radius 3 is 2.63 bits per heavy atom. The van der Waals surface area contributed by atoms with E-state index in [0.717, 1.165) is 10.9 Å². The molecule has 2 aromatic carbocycles. The first kappa shape index (κ1) is 13.5. The standard InChI is InChI=1S/C15H16FNO2/c1-19-15(18)9-8-14(17)12-6-7-13(16)11-5-3-2-4-10(11)12/h2-7,14H,8-9,17H2,1H3. The minimum atomic E-state index is -0.315. The number of hydrogen-bond acceptors (Lipinski definition) is 3. The summed E-state index contributed by atoms with van der Waals surface area (Å²) in [5.74, 6) is -0.554.